The number of nitrogens with two attached hydrogens (primary N) is 1. The molecule has 0 aliphatic carbocycles. The van der Waals surface area contributed by atoms with Gasteiger partial charge in [0.1, 0.15) is 6.67 Å². The van der Waals surface area contributed by atoms with Gasteiger partial charge in [0.2, 0.25) is 0 Å². The number of nitrogens with zero attached hydrogens (tertiary/aromatic N) is 1. The zero-order valence-electron chi connectivity index (χ0n) is 11.4. The second-order valence-corrected chi connectivity index (χ2v) is 6.05. The normalized spacial score (nSPS) is 18.7. The van der Waals surface area contributed by atoms with Crippen molar-refractivity contribution in [1.29, 1.82) is 0 Å². The first kappa shape index (κ1) is 15.3. The maximum absolute atomic E-state index is 5.93. The fourth-order valence-electron chi connectivity index (χ4n) is 2.95. The van der Waals surface area contributed by atoms with E-state index in [1.807, 2.05) is 0 Å². The molecule has 1 aliphatic rings. The van der Waals surface area contributed by atoms with Gasteiger partial charge in [-0.1, -0.05) is 25.7 Å². The molecule has 1 heterocycles. The van der Waals surface area contributed by atoms with Crippen molar-refractivity contribution >= 4 is 12.6 Å². The van der Waals surface area contributed by atoms with E-state index in [-0.39, 0.29) is 0 Å². The van der Waals surface area contributed by atoms with Gasteiger partial charge < -0.3 is 4.48 Å². The molecule has 0 aromatic rings. The Morgan fingerprint density at radius 1 is 0.824 bits per heavy atom. The molecule has 3 heteroatoms. The number of hydrogen-bond donors (Lipinski definition) is 2. The van der Waals surface area contributed by atoms with Crippen molar-refractivity contribution in [2.24, 2.45) is 5.73 Å². The molecule has 102 valence electrons. The van der Waals surface area contributed by atoms with Gasteiger partial charge in [0, 0.05) is 12.8 Å². The van der Waals surface area contributed by atoms with Crippen molar-refractivity contribution < 1.29 is 4.48 Å². The van der Waals surface area contributed by atoms with Crippen LogP contribution in [0.5, 0.6) is 0 Å². The predicted octanol–water partition coefficient (Wildman–Crippen LogP) is 3.17. The van der Waals surface area contributed by atoms with Crippen LogP contribution in [0.4, 0.5) is 0 Å². The molecule has 0 bridgehead atoms. The van der Waals surface area contributed by atoms with Gasteiger partial charge >= 0.3 is 0 Å². The lowest BCUT2D eigenvalue weighted by Crippen LogP contribution is -2.49. The standard InChI is InChI=1S/C14H30N2S/c15-14-16(11-7-8-12-16)10-6-4-2-1-3-5-9-13-17/h1-15H2/p+1. The molecule has 0 atom stereocenters. The van der Waals surface area contributed by atoms with E-state index in [4.69, 9.17) is 5.73 Å². The smallest absolute Gasteiger partial charge is 0.130 e. The van der Waals surface area contributed by atoms with Crippen LogP contribution in [0.2, 0.25) is 0 Å². The highest BCUT2D eigenvalue weighted by Crippen LogP contribution is 2.19. The summed E-state index contributed by atoms with van der Waals surface area (Å²) in [4.78, 5) is 0. The Morgan fingerprint density at radius 3 is 1.88 bits per heavy atom. The Bertz CT molecular complexity index is 179. The number of thiol groups is 1. The molecule has 0 aromatic heterocycles. The fraction of sp³-hybridized carbons (Fsp3) is 1.00. The van der Waals surface area contributed by atoms with E-state index in [1.54, 1.807) is 0 Å². The predicted molar refractivity (Wildman–Crippen MR) is 79.3 cm³/mol. The highest BCUT2D eigenvalue weighted by atomic mass is 32.1. The number of likely N-dealkylation sites (tertiary alicyclic amines) is 1. The second kappa shape index (κ2) is 9.23. The molecule has 0 radical (unpaired) electrons. The zero-order chi connectivity index (χ0) is 12.4. The van der Waals surface area contributed by atoms with E-state index in [0.29, 0.717) is 0 Å². The fourth-order valence-corrected chi connectivity index (χ4v) is 3.17. The Labute approximate surface area is 113 Å². The lowest BCUT2D eigenvalue weighted by molar-refractivity contribution is -0.916. The van der Waals surface area contributed by atoms with Crippen LogP contribution in [0.25, 0.3) is 0 Å². The average Bonchev–Trinajstić information content (AvgIpc) is 2.82. The lowest BCUT2D eigenvalue weighted by atomic mass is 10.1. The van der Waals surface area contributed by atoms with Crippen LogP contribution in [0.15, 0.2) is 0 Å². The molecular formula is C14H31N2S+. The minimum Gasteiger partial charge on any atom is -0.311 e. The monoisotopic (exact) mass is 259 g/mol. The summed E-state index contributed by atoms with van der Waals surface area (Å²) in [6, 6.07) is 0. The molecule has 2 N–H and O–H groups in total. The summed E-state index contributed by atoms with van der Waals surface area (Å²) in [5, 5.41) is 0. The van der Waals surface area contributed by atoms with E-state index in [1.165, 1.54) is 81.9 Å². The molecule has 1 fully saturated rings. The van der Waals surface area contributed by atoms with Gasteiger partial charge in [0.15, 0.2) is 0 Å². The molecule has 0 amide bonds. The van der Waals surface area contributed by atoms with Gasteiger partial charge in [0.05, 0.1) is 19.6 Å². The molecule has 0 spiro atoms. The number of unbranched alkanes of at least 4 members (excludes halogenated alkanes) is 6. The molecule has 1 saturated heterocycles. The maximum atomic E-state index is 5.93. The molecule has 2 nitrogen and oxygen atoms in total. The van der Waals surface area contributed by atoms with Gasteiger partial charge in [0.25, 0.3) is 0 Å². The lowest BCUT2D eigenvalue weighted by Gasteiger charge is -2.32. The number of quaternary nitrogens is 1. The Hall–Kier alpha value is 0.270. The molecule has 1 rings (SSSR count). The summed E-state index contributed by atoms with van der Waals surface area (Å²) in [5.41, 5.74) is 5.93. The van der Waals surface area contributed by atoms with Crippen molar-refractivity contribution in [3.8, 4) is 0 Å². The SMILES string of the molecule is NC[N+]1(CCCCCCCCCS)CCCC1. The molecule has 17 heavy (non-hydrogen) atoms. The topological polar surface area (TPSA) is 26.0 Å². The summed E-state index contributed by atoms with van der Waals surface area (Å²) in [5.74, 6) is 1.05. The second-order valence-electron chi connectivity index (χ2n) is 5.60. The van der Waals surface area contributed by atoms with Gasteiger partial charge in [-0.3, -0.25) is 5.73 Å². The number of rotatable bonds is 10. The third kappa shape index (κ3) is 6.12. The van der Waals surface area contributed by atoms with Crippen LogP contribution in [0.1, 0.15) is 57.8 Å². The van der Waals surface area contributed by atoms with Crippen molar-refractivity contribution in [3.05, 3.63) is 0 Å². The first-order valence-corrected chi connectivity index (χ1v) is 8.12. The third-order valence-electron chi connectivity index (χ3n) is 4.19. The zero-order valence-corrected chi connectivity index (χ0v) is 12.3. The highest BCUT2D eigenvalue weighted by molar-refractivity contribution is 7.80. The van der Waals surface area contributed by atoms with Crippen molar-refractivity contribution in [3.63, 3.8) is 0 Å². The Morgan fingerprint density at radius 2 is 1.35 bits per heavy atom. The van der Waals surface area contributed by atoms with Gasteiger partial charge in [-0.2, -0.15) is 12.6 Å². The van der Waals surface area contributed by atoms with Crippen molar-refractivity contribution in [2.45, 2.75) is 57.8 Å². The summed E-state index contributed by atoms with van der Waals surface area (Å²) in [6.45, 7) is 4.85. The summed E-state index contributed by atoms with van der Waals surface area (Å²) < 4.78 is 1.21. The first-order valence-electron chi connectivity index (χ1n) is 7.49. The van der Waals surface area contributed by atoms with E-state index < -0.39 is 0 Å². The summed E-state index contributed by atoms with van der Waals surface area (Å²) in [7, 11) is 0. The average molecular weight is 259 g/mol. The Balaban J connectivity index is 1.92. The summed E-state index contributed by atoms with van der Waals surface area (Å²) in [6.07, 6.45) is 12.4. The van der Waals surface area contributed by atoms with Gasteiger partial charge in [-0.15, -0.1) is 0 Å². The third-order valence-corrected chi connectivity index (χ3v) is 4.51. The van der Waals surface area contributed by atoms with E-state index >= 15 is 0 Å². The van der Waals surface area contributed by atoms with Crippen LogP contribution in [-0.4, -0.2) is 36.5 Å². The highest BCUT2D eigenvalue weighted by Gasteiger charge is 2.29. The minimum atomic E-state index is 0.863. The Kier molecular flexibility index (Phi) is 8.33. The van der Waals surface area contributed by atoms with E-state index in [9.17, 15) is 0 Å². The van der Waals surface area contributed by atoms with Crippen molar-refractivity contribution in [2.75, 3.05) is 32.1 Å². The molecular weight excluding hydrogens is 228 g/mol. The van der Waals surface area contributed by atoms with Crippen LogP contribution >= 0.6 is 12.6 Å². The minimum absolute atomic E-state index is 0.863. The summed E-state index contributed by atoms with van der Waals surface area (Å²) >= 11 is 4.23. The van der Waals surface area contributed by atoms with Crippen LogP contribution < -0.4 is 5.73 Å². The molecule has 1 aliphatic heterocycles. The largest absolute Gasteiger partial charge is 0.311 e. The maximum Gasteiger partial charge on any atom is 0.130 e. The molecule has 0 unspecified atom stereocenters. The quantitative estimate of drug-likeness (QED) is 0.352. The van der Waals surface area contributed by atoms with Crippen molar-refractivity contribution in [1.82, 2.24) is 0 Å². The molecule has 0 saturated carbocycles. The van der Waals surface area contributed by atoms with Crippen LogP contribution in [0.3, 0.4) is 0 Å². The number of hydrogen-bond acceptors (Lipinski definition) is 2. The van der Waals surface area contributed by atoms with Crippen LogP contribution in [0, 0.1) is 0 Å². The molecule has 0 aromatic carbocycles. The van der Waals surface area contributed by atoms with Crippen LogP contribution in [-0.2, 0) is 0 Å². The van der Waals surface area contributed by atoms with E-state index in [2.05, 4.69) is 12.6 Å². The van der Waals surface area contributed by atoms with E-state index in [0.717, 1.165) is 12.4 Å². The van der Waals surface area contributed by atoms with Gasteiger partial charge in [-0.05, 0) is 25.0 Å². The first-order chi connectivity index (χ1) is 8.33. The van der Waals surface area contributed by atoms with Gasteiger partial charge in [-0.25, -0.2) is 0 Å².